The van der Waals surface area contributed by atoms with Crippen molar-refractivity contribution in [2.24, 2.45) is 0 Å². The van der Waals surface area contributed by atoms with Crippen molar-refractivity contribution in [1.82, 2.24) is 9.97 Å². The van der Waals surface area contributed by atoms with Crippen LogP contribution >= 0.6 is 0 Å². The summed E-state index contributed by atoms with van der Waals surface area (Å²) in [5.41, 5.74) is 0.303. The van der Waals surface area contributed by atoms with Crippen LogP contribution in [-0.4, -0.2) is 62.4 Å². The first-order valence-corrected chi connectivity index (χ1v) is 22.1. The van der Waals surface area contributed by atoms with E-state index in [-0.39, 0.29) is 11.6 Å². The van der Waals surface area contributed by atoms with Gasteiger partial charge in [0.2, 0.25) is 0 Å². The molecule has 2 heterocycles. The number of imidazole rings is 1. The quantitative estimate of drug-likeness (QED) is 0.0689. The summed E-state index contributed by atoms with van der Waals surface area (Å²) in [4.78, 5) is 30.9. The molecule has 12 heteroatoms. The molecule has 0 aliphatic carbocycles. The highest BCUT2D eigenvalue weighted by molar-refractivity contribution is 7.00. The van der Waals surface area contributed by atoms with Crippen molar-refractivity contribution in [3.05, 3.63) is 143 Å². The number of nitro groups is 1. The average Bonchev–Trinajstić information content (AvgIpc) is 3.76. The Morgan fingerprint density at radius 2 is 1.17 bits per heavy atom. The number of ether oxygens (including phenoxy) is 2. The molecule has 1 aliphatic heterocycles. The summed E-state index contributed by atoms with van der Waals surface area (Å²) in [6.45, 7) is 14.6. The Morgan fingerprint density at radius 3 is 1.54 bits per heavy atom. The number of esters is 1. The van der Waals surface area contributed by atoms with Gasteiger partial charge in [-0.2, -0.15) is 0 Å². The maximum atomic E-state index is 13.0. The third-order valence-electron chi connectivity index (χ3n) is 10.3. The fourth-order valence-corrected chi connectivity index (χ4v) is 17.3. The van der Waals surface area contributed by atoms with E-state index in [0.717, 1.165) is 20.7 Å². The molecular weight excluding hydrogens is 715 g/mol. The number of hydrogen-bond donors (Lipinski definition) is 1. The number of aromatic nitrogens is 2. The number of aromatic amines is 1. The summed E-state index contributed by atoms with van der Waals surface area (Å²) >= 11 is 0. The molecule has 5 aromatic rings. The lowest BCUT2D eigenvalue weighted by atomic mass is 10.1. The van der Waals surface area contributed by atoms with Gasteiger partial charge in [0.15, 0.2) is 12.2 Å². The Balaban J connectivity index is 1.54. The lowest BCUT2D eigenvalue weighted by Gasteiger charge is -2.46. The highest BCUT2D eigenvalue weighted by atomic mass is 28.4. The molecule has 0 spiro atoms. The molecular formula is C42H49N3O7Si2. The first-order chi connectivity index (χ1) is 25.7. The average molecular weight is 764 g/mol. The van der Waals surface area contributed by atoms with Crippen LogP contribution in [0.5, 0.6) is 0 Å². The lowest BCUT2D eigenvalue weighted by Crippen LogP contribution is -2.70. The van der Waals surface area contributed by atoms with Crippen LogP contribution < -0.4 is 20.7 Å². The van der Waals surface area contributed by atoms with Crippen molar-refractivity contribution in [2.75, 3.05) is 6.61 Å². The Labute approximate surface area is 319 Å². The van der Waals surface area contributed by atoms with Crippen LogP contribution in [0.3, 0.4) is 0 Å². The molecule has 1 aliphatic rings. The van der Waals surface area contributed by atoms with Gasteiger partial charge >= 0.3 is 11.9 Å². The van der Waals surface area contributed by atoms with Gasteiger partial charge in [-0.3, -0.25) is 4.79 Å². The zero-order chi connectivity index (χ0) is 38.7. The first-order valence-electron chi connectivity index (χ1n) is 18.2. The number of H-pyrrole nitrogens is 1. The van der Waals surface area contributed by atoms with Crippen LogP contribution in [0.2, 0.25) is 10.1 Å². The standard InChI is InChI=1S/C42H49N3O7Si2/c1-30(46)50-39-37(35-28-43-40(44-35)45(47)48)51-36(29-49-53(41(2,3)4,31-20-12-8-13-21-31)32-22-14-9-15-23-32)38(39)52-54(42(5,6)7,33-24-16-10-17-25-33)34-26-18-11-19-27-34/h8-28,36-39H,29H2,1-7H3,(H,43,44)/t36-,37+,38-,39+/m1/s1. The topological polar surface area (TPSA) is 126 Å². The number of carbonyl (C=O) groups is 1. The molecule has 0 bridgehead atoms. The van der Waals surface area contributed by atoms with E-state index in [1.807, 2.05) is 72.8 Å². The predicted molar refractivity (Wildman–Crippen MR) is 214 cm³/mol. The van der Waals surface area contributed by atoms with E-state index < -0.39 is 62.9 Å². The van der Waals surface area contributed by atoms with Gasteiger partial charge < -0.3 is 28.4 Å². The van der Waals surface area contributed by atoms with Crippen LogP contribution in [0, 0.1) is 10.1 Å². The van der Waals surface area contributed by atoms with Crippen LogP contribution in [0.25, 0.3) is 0 Å². The van der Waals surface area contributed by atoms with E-state index in [2.05, 4.69) is 100 Å². The minimum atomic E-state index is -3.28. The summed E-state index contributed by atoms with van der Waals surface area (Å²) in [6.07, 6.45) is -2.23. The monoisotopic (exact) mass is 763 g/mol. The molecule has 0 saturated carbocycles. The molecule has 1 N–H and O–H groups in total. The largest absolute Gasteiger partial charge is 0.456 e. The molecule has 0 radical (unpaired) electrons. The Hall–Kier alpha value is -4.73. The second kappa shape index (κ2) is 15.6. The predicted octanol–water partition coefficient (Wildman–Crippen LogP) is 6.21. The maximum Gasteiger partial charge on any atom is 0.432 e. The molecule has 282 valence electrons. The van der Waals surface area contributed by atoms with Gasteiger partial charge in [0.05, 0.1) is 6.61 Å². The summed E-state index contributed by atoms with van der Waals surface area (Å²) in [6, 6.07) is 41.1. The second-order valence-electron chi connectivity index (χ2n) is 15.8. The molecule has 10 nitrogen and oxygen atoms in total. The third kappa shape index (κ3) is 7.36. The first kappa shape index (κ1) is 39.0. The number of hydrogen-bond acceptors (Lipinski definition) is 8. The Kier molecular flexibility index (Phi) is 11.2. The van der Waals surface area contributed by atoms with Crippen molar-refractivity contribution < 1.29 is 28.0 Å². The minimum Gasteiger partial charge on any atom is -0.456 e. The van der Waals surface area contributed by atoms with Gasteiger partial charge in [-0.05, 0) is 35.7 Å². The number of nitrogens with zero attached hydrogens (tertiary/aromatic N) is 2. The summed E-state index contributed by atoms with van der Waals surface area (Å²) in [5.74, 6) is -0.973. The van der Waals surface area contributed by atoms with Gasteiger partial charge in [0.25, 0.3) is 16.6 Å². The fraction of sp³-hybridized carbons (Fsp3) is 0.333. The minimum absolute atomic E-state index is 0.0840. The molecule has 4 atom stereocenters. The third-order valence-corrected chi connectivity index (χ3v) is 20.3. The smallest absolute Gasteiger partial charge is 0.432 e. The van der Waals surface area contributed by atoms with E-state index in [0.29, 0.717) is 5.69 Å². The molecule has 6 rings (SSSR count). The molecule has 54 heavy (non-hydrogen) atoms. The Morgan fingerprint density at radius 1 is 0.741 bits per heavy atom. The zero-order valence-electron chi connectivity index (χ0n) is 31.9. The van der Waals surface area contributed by atoms with Crippen molar-refractivity contribution in [1.29, 1.82) is 0 Å². The highest BCUT2D eigenvalue weighted by Crippen LogP contribution is 2.45. The van der Waals surface area contributed by atoms with Crippen molar-refractivity contribution >= 4 is 49.3 Å². The van der Waals surface area contributed by atoms with Crippen molar-refractivity contribution in [3.8, 4) is 0 Å². The van der Waals surface area contributed by atoms with Crippen LogP contribution in [-0.2, 0) is 23.1 Å². The zero-order valence-corrected chi connectivity index (χ0v) is 33.9. The number of benzene rings is 4. The molecule has 1 fully saturated rings. The number of nitrogens with one attached hydrogen (secondary N) is 1. The van der Waals surface area contributed by atoms with Gasteiger partial charge in [0, 0.05) is 6.92 Å². The van der Waals surface area contributed by atoms with E-state index >= 15 is 0 Å². The molecule has 0 amide bonds. The molecule has 0 unspecified atom stereocenters. The number of carbonyl (C=O) groups excluding carboxylic acids is 1. The summed E-state index contributed by atoms with van der Waals surface area (Å²) < 4.78 is 28.2. The van der Waals surface area contributed by atoms with Crippen LogP contribution in [0.15, 0.2) is 128 Å². The highest BCUT2D eigenvalue weighted by Gasteiger charge is 2.59. The summed E-state index contributed by atoms with van der Waals surface area (Å²) in [7, 11) is -6.36. The molecule has 1 saturated heterocycles. The molecule has 1 aromatic heterocycles. The van der Waals surface area contributed by atoms with Crippen molar-refractivity contribution in [2.45, 2.75) is 83.0 Å². The van der Waals surface area contributed by atoms with Crippen LogP contribution in [0.4, 0.5) is 5.95 Å². The normalized spacial score (nSPS) is 19.4. The van der Waals surface area contributed by atoms with Gasteiger partial charge in [-0.15, -0.1) is 0 Å². The van der Waals surface area contributed by atoms with Gasteiger partial charge in [-0.25, -0.2) is 4.98 Å². The molecule has 4 aromatic carbocycles. The number of rotatable bonds is 12. The van der Waals surface area contributed by atoms with E-state index in [4.69, 9.17) is 18.3 Å². The van der Waals surface area contributed by atoms with E-state index in [1.54, 1.807) is 0 Å². The SMILES string of the molecule is CC(=O)O[C@@H]1[C@H](O[Si](c2ccccc2)(c2ccccc2)C(C)(C)C)[C@@H](CO[Si](c2ccccc2)(c2ccccc2)C(C)(C)C)O[C@H]1c1cnc([N+](=O)[O-])[nH]1. The summed E-state index contributed by atoms with van der Waals surface area (Å²) in [5, 5.41) is 15.3. The van der Waals surface area contributed by atoms with Crippen molar-refractivity contribution in [3.63, 3.8) is 0 Å². The van der Waals surface area contributed by atoms with Gasteiger partial charge in [-0.1, -0.05) is 168 Å². The Bertz CT molecular complexity index is 1940. The van der Waals surface area contributed by atoms with E-state index in [1.165, 1.54) is 13.1 Å². The second-order valence-corrected chi connectivity index (χ2v) is 24.4. The van der Waals surface area contributed by atoms with Crippen LogP contribution in [0.1, 0.15) is 60.3 Å². The van der Waals surface area contributed by atoms with Gasteiger partial charge in [0.1, 0.15) is 24.1 Å². The maximum absolute atomic E-state index is 13.0. The van der Waals surface area contributed by atoms with E-state index in [9.17, 15) is 14.9 Å². The lowest BCUT2D eigenvalue weighted by molar-refractivity contribution is -0.393. The fourth-order valence-electron chi connectivity index (χ4n) is 8.00.